The summed E-state index contributed by atoms with van der Waals surface area (Å²) in [7, 11) is -0.690. The predicted octanol–water partition coefficient (Wildman–Crippen LogP) is 0.111. The third kappa shape index (κ3) is 1.01. The summed E-state index contributed by atoms with van der Waals surface area (Å²) in [6.45, 7) is 2.61. The van der Waals surface area contributed by atoms with Gasteiger partial charge in [0.15, 0.2) is 0 Å². The van der Waals surface area contributed by atoms with Gasteiger partial charge in [-0.3, -0.25) is 4.21 Å². The molecular weight excluding hydrogens is 112 g/mol. The molecule has 1 rings (SSSR count). The summed E-state index contributed by atoms with van der Waals surface area (Å²) in [5, 5.41) is 0.264. The lowest BCUT2D eigenvalue weighted by molar-refractivity contribution is 0.205. The smallest absolute Gasteiger partial charge is 0.122 e. The van der Waals surface area contributed by atoms with Gasteiger partial charge in [0, 0.05) is 0 Å². The second-order valence-corrected chi connectivity index (χ2v) is 3.48. The van der Waals surface area contributed by atoms with E-state index in [9.17, 15) is 4.21 Å². The average molecular weight is 120 g/mol. The van der Waals surface area contributed by atoms with Crippen LogP contribution < -0.4 is 0 Å². The Balaban J connectivity index is 2.48. The Bertz CT molecular complexity index is 91.7. The maximum atomic E-state index is 10.6. The highest BCUT2D eigenvalue weighted by molar-refractivity contribution is 7.85. The Morgan fingerprint density at radius 2 is 2.57 bits per heavy atom. The molecule has 1 aliphatic heterocycles. The molecule has 1 fully saturated rings. The van der Waals surface area contributed by atoms with Crippen LogP contribution in [0.1, 0.15) is 6.92 Å². The van der Waals surface area contributed by atoms with E-state index in [2.05, 4.69) is 0 Å². The van der Waals surface area contributed by atoms with Crippen LogP contribution in [0.3, 0.4) is 0 Å². The Morgan fingerprint density at radius 1 is 1.86 bits per heavy atom. The molecule has 0 aliphatic carbocycles. The van der Waals surface area contributed by atoms with Crippen molar-refractivity contribution in [3.8, 4) is 0 Å². The van der Waals surface area contributed by atoms with Crippen molar-refractivity contribution in [2.45, 2.75) is 12.2 Å². The normalized spacial score (nSPS) is 41.9. The minimum Gasteiger partial charge on any atom is -0.367 e. The highest BCUT2D eigenvalue weighted by Gasteiger charge is 2.17. The largest absolute Gasteiger partial charge is 0.367 e. The fourth-order valence-electron chi connectivity index (χ4n) is 0.488. The van der Waals surface area contributed by atoms with Crippen molar-refractivity contribution < 1.29 is 8.95 Å². The van der Waals surface area contributed by atoms with E-state index in [0.29, 0.717) is 12.5 Å². The predicted molar refractivity (Wildman–Crippen MR) is 28.4 cm³/mol. The van der Waals surface area contributed by atoms with Gasteiger partial charge >= 0.3 is 0 Å². The first kappa shape index (κ1) is 5.25. The van der Waals surface area contributed by atoms with Crippen molar-refractivity contribution in [3.63, 3.8) is 0 Å². The zero-order valence-electron chi connectivity index (χ0n) is 4.22. The first-order chi connectivity index (χ1) is 3.30. The van der Waals surface area contributed by atoms with Crippen molar-refractivity contribution >= 4 is 10.8 Å². The van der Waals surface area contributed by atoms with Gasteiger partial charge in [-0.25, -0.2) is 0 Å². The molecule has 2 atom stereocenters. The molecule has 0 saturated carbocycles. The Kier molecular flexibility index (Phi) is 1.44. The van der Waals surface area contributed by atoms with Gasteiger partial charge in [-0.15, -0.1) is 0 Å². The summed E-state index contributed by atoms with van der Waals surface area (Å²) in [5.74, 6) is 0.446. The topological polar surface area (TPSA) is 26.3 Å². The molecule has 2 nitrogen and oxygen atoms in total. The zero-order valence-corrected chi connectivity index (χ0v) is 5.03. The summed E-state index contributed by atoms with van der Waals surface area (Å²) < 4.78 is 15.4. The average Bonchev–Trinajstić information content (AvgIpc) is 1.91. The Morgan fingerprint density at radius 3 is 2.71 bits per heavy atom. The highest BCUT2D eigenvalue weighted by atomic mass is 32.2. The molecule has 0 aromatic carbocycles. The van der Waals surface area contributed by atoms with Crippen LogP contribution in [0.25, 0.3) is 0 Å². The summed E-state index contributed by atoms with van der Waals surface area (Å²) in [4.78, 5) is 0. The number of hydrogen-bond acceptors (Lipinski definition) is 2. The van der Waals surface area contributed by atoms with Gasteiger partial charge in [0.05, 0.1) is 22.7 Å². The number of hydrogen-bond donors (Lipinski definition) is 0. The molecule has 3 heteroatoms. The van der Waals surface area contributed by atoms with Crippen LogP contribution in [0.15, 0.2) is 0 Å². The number of ether oxygens (including phenoxy) is 1. The van der Waals surface area contributed by atoms with Gasteiger partial charge in [-0.1, -0.05) is 0 Å². The van der Waals surface area contributed by atoms with E-state index < -0.39 is 10.8 Å². The monoisotopic (exact) mass is 120 g/mol. The van der Waals surface area contributed by atoms with Crippen LogP contribution in [0.4, 0.5) is 0 Å². The van der Waals surface area contributed by atoms with E-state index in [4.69, 9.17) is 4.74 Å². The van der Waals surface area contributed by atoms with E-state index >= 15 is 0 Å². The lowest BCUT2D eigenvalue weighted by Gasteiger charge is -1.89. The molecule has 0 spiro atoms. The van der Waals surface area contributed by atoms with E-state index in [1.807, 2.05) is 6.92 Å². The van der Waals surface area contributed by atoms with Crippen molar-refractivity contribution in [2.75, 3.05) is 12.5 Å². The standard InChI is InChI=1S/C4H8O2S/c1-4-2-6-3-7(4)5/h4H,2-3H2,1H3. The van der Waals surface area contributed by atoms with E-state index in [-0.39, 0.29) is 5.25 Å². The van der Waals surface area contributed by atoms with Crippen LogP contribution in [-0.4, -0.2) is 22.0 Å². The molecule has 7 heavy (non-hydrogen) atoms. The van der Waals surface area contributed by atoms with Crippen molar-refractivity contribution in [3.05, 3.63) is 0 Å². The maximum Gasteiger partial charge on any atom is 0.122 e. The molecule has 1 heterocycles. The van der Waals surface area contributed by atoms with Gasteiger partial charge < -0.3 is 4.74 Å². The van der Waals surface area contributed by atoms with Crippen LogP contribution in [0.2, 0.25) is 0 Å². The van der Waals surface area contributed by atoms with Gasteiger partial charge in [-0.05, 0) is 6.92 Å². The van der Waals surface area contributed by atoms with Gasteiger partial charge in [-0.2, -0.15) is 0 Å². The first-order valence-corrected chi connectivity index (χ1v) is 3.64. The Hall–Kier alpha value is 0.110. The molecule has 2 unspecified atom stereocenters. The second kappa shape index (κ2) is 1.92. The van der Waals surface area contributed by atoms with Crippen LogP contribution in [-0.2, 0) is 15.5 Å². The second-order valence-electron chi connectivity index (χ2n) is 1.68. The number of rotatable bonds is 0. The van der Waals surface area contributed by atoms with Crippen molar-refractivity contribution in [2.24, 2.45) is 0 Å². The molecule has 42 valence electrons. The van der Waals surface area contributed by atoms with Crippen LogP contribution in [0, 0.1) is 0 Å². The maximum absolute atomic E-state index is 10.6. The lowest BCUT2D eigenvalue weighted by atomic mass is 10.5. The molecule has 1 saturated heterocycles. The van der Waals surface area contributed by atoms with E-state index in [1.165, 1.54) is 0 Å². The van der Waals surface area contributed by atoms with Crippen LogP contribution in [0.5, 0.6) is 0 Å². The minimum atomic E-state index is -0.690. The molecule has 0 bridgehead atoms. The third-order valence-corrected chi connectivity index (χ3v) is 2.43. The molecular formula is C4H8O2S. The summed E-state index contributed by atoms with van der Waals surface area (Å²) >= 11 is 0. The first-order valence-electron chi connectivity index (χ1n) is 2.25. The van der Waals surface area contributed by atoms with Gasteiger partial charge in [0.25, 0.3) is 0 Å². The van der Waals surface area contributed by atoms with Crippen molar-refractivity contribution in [1.29, 1.82) is 0 Å². The molecule has 0 N–H and O–H groups in total. The fraction of sp³-hybridized carbons (Fsp3) is 1.00. The molecule has 0 radical (unpaired) electrons. The van der Waals surface area contributed by atoms with Crippen LogP contribution >= 0.6 is 0 Å². The molecule has 0 aromatic rings. The lowest BCUT2D eigenvalue weighted by Crippen LogP contribution is -2.04. The Labute approximate surface area is 45.3 Å². The summed E-state index contributed by atoms with van der Waals surface area (Å²) in [6.07, 6.45) is 0. The highest BCUT2D eigenvalue weighted by Crippen LogP contribution is 2.04. The zero-order chi connectivity index (χ0) is 5.28. The van der Waals surface area contributed by atoms with Crippen molar-refractivity contribution in [1.82, 2.24) is 0 Å². The van der Waals surface area contributed by atoms with Gasteiger partial charge in [0.2, 0.25) is 0 Å². The third-order valence-electron chi connectivity index (χ3n) is 1.00. The summed E-state index contributed by atoms with van der Waals surface area (Å²) in [5.41, 5.74) is 0. The van der Waals surface area contributed by atoms with Gasteiger partial charge in [0.1, 0.15) is 5.94 Å². The van der Waals surface area contributed by atoms with E-state index in [0.717, 1.165) is 0 Å². The SMILES string of the molecule is CC1COCS1=O. The molecule has 1 aliphatic rings. The summed E-state index contributed by atoms with van der Waals surface area (Å²) in [6, 6.07) is 0. The minimum absolute atomic E-state index is 0.264. The quantitative estimate of drug-likeness (QED) is 0.453. The molecule has 0 aromatic heterocycles. The molecule has 0 amide bonds. The van der Waals surface area contributed by atoms with E-state index in [1.54, 1.807) is 0 Å². The fourth-order valence-corrected chi connectivity index (χ4v) is 1.23.